The van der Waals surface area contributed by atoms with E-state index in [2.05, 4.69) is 0 Å². The molecule has 0 saturated heterocycles. The van der Waals surface area contributed by atoms with Gasteiger partial charge in [-0.2, -0.15) is 0 Å². The third-order valence-electron chi connectivity index (χ3n) is 2.73. The minimum absolute atomic E-state index is 0.00106. The van der Waals surface area contributed by atoms with Crippen LogP contribution < -0.4 is 0 Å². The number of carboxylic acid groups (broad SMARTS) is 2. The van der Waals surface area contributed by atoms with Crippen LogP contribution in [-0.2, 0) is 9.59 Å². The molecule has 0 heterocycles. The number of aliphatic hydroxyl groups is 1. The molecule has 1 atom stereocenters. The molecular weight excluding hydrogens is 224 g/mol. The first kappa shape index (κ1) is 15.9. The Morgan fingerprint density at radius 2 is 1.35 bits per heavy atom. The molecule has 0 spiro atoms. The molecule has 0 amide bonds. The molecule has 0 bridgehead atoms. The third kappa shape index (κ3) is 4.00. The number of hydrogen-bond acceptors (Lipinski definition) is 3. The van der Waals surface area contributed by atoms with Crippen LogP contribution in [0.1, 0.15) is 40.5 Å². The second-order valence-electron chi connectivity index (χ2n) is 5.40. The molecule has 5 nitrogen and oxygen atoms in total. The maximum atomic E-state index is 11.4. The SMILES string of the molecule is CC(C)CC(CC(C)C)(C(=O)O)C(O)C(=O)O. The molecule has 0 radical (unpaired) electrons. The molecule has 0 aliphatic heterocycles. The Morgan fingerprint density at radius 1 is 1.00 bits per heavy atom. The molecule has 0 fully saturated rings. The summed E-state index contributed by atoms with van der Waals surface area (Å²) in [7, 11) is 0. The first-order valence-electron chi connectivity index (χ1n) is 5.77. The zero-order chi connectivity index (χ0) is 13.8. The van der Waals surface area contributed by atoms with Crippen LogP contribution in [0.4, 0.5) is 0 Å². The van der Waals surface area contributed by atoms with Gasteiger partial charge in [0.25, 0.3) is 0 Å². The summed E-state index contributed by atoms with van der Waals surface area (Å²) in [4.78, 5) is 22.3. The lowest BCUT2D eigenvalue weighted by molar-refractivity contribution is -0.173. The number of aliphatic hydroxyl groups excluding tert-OH is 1. The zero-order valence-electron chi connectivity index (χ0n) is 10.8. The van der Waals surface area contributed by atoms with E-state index in [9.17, 15) is 19.8 Å². The quantitative estimate of drug-likeness (QED) is 0.634. The number of aliphatic carboxylic acids is 2. The summed E-state index contributed by atoms with van der Waals surface area (Å²) in [5, 5.41) is 27.9. The lowest BCUT2D eigenvalue weighted by Crippen LogP contribution is -2.48. The predicted octanol–water partition coefficient (Wildman–Crippen LogP) is 1.60. The smallest absolute Gasteiger partial charge is 0.333 e. The minimum atomic E-state index is -1.87. The number of carbonyl (C=O) groups is 2. The van der Waals surface area contributed by atoms with Crippen LogP contribution in [0, 0.1) is 17.3 Å². The summed E-state index contributed by atoms with van der Waals surface area (Å²) in [5.74, 6) is -2.72. The molecule has 5 heteroatoms. The summed E-state index contributed by atoms with van der Waals surface area (Å²) >= 11 is 0. The van der Waals surface area contributed by atoms with E-state index in [0.717, 1.165) is 0 Å². The van der Waals surface area contributed by atoms with Gasteiger partial charge in [0, 0.05) is 0 Å². The van der Waals surface area contributed by atoms with E-state index < -0.39 is 23.5 Å². The maximum absolute atomic E-state index is 11.4. The molecule has 3 N–H and O–H groups in total. The van der Waals surface area contributed by atoms with Crippen LogP contribution in [0.3, 0.4) is 0 Å². The van der Waals surface area contributed by atoms with E-state index >= 15 is 0 Å². The van der Waals surface area contributed by atoms with Crippen LogP contribution in [0.5, 0.6) is 0 Å². The Balaban J connectivity index is 5.38. The normalized spacial score (nSPS) is 14.1. The highest BCUT2D eigenvalue weighted by Crippen LogP contribution is 2.37. The van der Waals surface area contributed by atoms with Gasteiger partial charge in [-0.05, 0) is 24.7 Å². The van der Waals surface area contributed by atoms with Crippen molar-refractivity contribution in [3.05, 3.63) is 0 Å². The number of hydrogen-bond donors (Lipinski definition) is 3. The average Bonchev–Trinajstić information content (AvgIpc) is 2.13. The summed E-state index contributed by atoms with van der Waals surface area (Å²) in [6, 6.07) is 0. The first-order valence-corrected chi connectivity index (χ1v) is 5.77. The molecule has 0 aromatic carbocycles. The Kier molecular flexibility index (Phi) is 5.61. The Bertz CT molecular complexity index is 273. The fraction of sp³-hybridized carbons (Fsp3) is 0.833. The van der Waals surface area contributed by atoms with E-state index in [1.807, 2.05) is 27.7 Å². The van der Waals surface area contributed by atoms with Crippen LogP contribution in [0.2, 0.25) is 0 Å². The van der Waals surface area contributed by atoms with Crippen molar-refractivity contribution in [1.29, 1.82) is 0 Å². The molecule has 0 rings (SSSR count). The van der Waals surface area contributed by atoms with E-state index in [0.29, 0.717) is 0 Å². The topological polar surface area (TPSA) is 94.8 Å². The monoisotopic (exact) mass is 246 g/mol. The van der Waals surface area contributed by atoms with E-state index in [1.165, 1.54) is 0 Å². The highest BCUT2D eigenvalue weighted by Gasteiger charge is 2.49. The second kappa shape index (κ2) is 6.00. The van der Waals surface area contributed by atoms with Crippen molar-refractivity contribution in [2.24, 2.45) is 17.3 Å². The largest absolute Gasteiger partial charge is 0.481 e. The molecular formula is C12H22O5. The molecule has 0 aliphatic carbocycles. The zero-order valence-corrected chi connectivity index (χ0v) is 10.8. The van der Waals surface area contributed by atoms with Crippen LogP contribution in [0.25, 0.3) is 0 Å². The Morgan fingerprint density at radius 3 is 1.53 bits per heavy atom. The maximum Gasteiger partial charge on any atom is 0.333 e. The molecule has 100 valence electrons. The second-order valence-corrected chi connectivity index (χ2v) is 5.40. The highest BCUT2D eigenvalue weighted by molar-refractivity contribution is 5.85. The summed E-state index contributed by atoms with van der Waals surface area (Å²) in [5.41, 5.74) is -1.60. The van der Waals surface area contributed by atoms with E-state index in [-0.39, 0.29) is 24.7 Å². The lowest BCUT2D eigenvalue weighted by Gasteiger charge is -2.34. The van der Waals surface area contributed by atoms with Crippen molar-refractivity contribution in [2.45, 2.75) is 46.6 Å². The summed E-state index contributed by atoms with van der Waals surface area (Å²) < 4.78 is 0. The third-order valence-corrected chi connectivity index (χ3v) is 2.73. The fourth-order valence-electron chi connectivity index (χ4n) is 2.29. The Labute approximate surface area is 101 Å². The summed E-state index contributed by atoms with van der Waals surface area (Å²) in [6.45, 7) is 7.25. The van der Waals surface area contributed by atoms with Gasteiger partial charge in [0.05, 0.1) is 0 Å². The molecule has 0 saturated carbocycles. The van der Waals surface area contributed by atoms with Crippen molar-refractivity contribution in [1.82, 2.24) is 0 Å². The molecule has 0 aromatic heterocycles. The van der Waals surface area contributed by atoms with Crippen LogP contribution in [-0.4, -0.2) is 33.4 Å². The number of rotatable bonds is 7. The van der Waals surface area contributed by atoms with E-state index in [1.54, 1.807) is 0 Å². The van der Waals surface area contributed by atoms with Crippen LogP contribution >= 0.6 is 0 Å². The average molecular weight is 246 g/mol. The first-order chi connectivity index (χ1) is 7.63. The van der Waals surface area contributed by atoms with Gasteiger partial charge in [-0.1, -0.05) is 27.7 Å². The molecule has 0 aliphatic rings. The van der Waals surface area contributed by atoms with Gasteiger partial charge < -0.3 is 15.3 Å². The van der Waals surface area contributed by atoms with Crippen molar-refractivity contribution < 1.29 is 24.9 Å². The standard InChI is InChI=1S/C12H22O5/c1-7(2)5-12(11(16)17,6-8(3)4)9(13)10(14)15/h7-9,13H,5-6H2,1-4H3,(H,14,15)(H,16,17). The van der Waals surface area contributed by atoms with Gasteiger partial charge in [-0.3, -0.25) is 4.79 Å². The van der Waals surface area contributed by atoms with Gasteiger partial charge in [-0.25, -0.2) is 4.79 Å². The molecule has 1 unspecified atom stereocenters. The van der Waals surface area contributed by atoms with Crippen molar-refractivity contribution in [3.63, 3.8) is 0 Å². The summed E-state index contributed by atoms with van der Waals surface area (Å²) in [6.07, 6.45) is -1.58. The minimum Gasteiger partial charge on any atom is -0.481 e. The van der Waals surface area contributed by atoms with Gasteiger partial charge in [0.15, 0.2) is 6.10 Å². The van der Waals surface area contributed by atoms with E-state index in [4.69, 9.17) is 5.11 Å². The molecule has 0 aromatic rings. The Hall–Kier alpha value is -1.10. The predicted molar refractivity (Wildman–Crippen MR) is 62.6 cm³/mol. The highest BCUT2D eigenvalue weighted by atomic mass is 16.4. The van der Waals surface area contributed by atoms with Crippen molar-refractivity contribution >= 4 is 11.9 Å². The lowest BCUT2D eigenvalue weighted by atomic mass is 9.70. The van der Waals surface area contributed by atoms with Crippen molar-refractivity contribution in [2.75, 3.05) is 0 Å². The fourth-order valence-corrected chi connectivity index (χ4v) is 2.29. The van der Waals surface area contributed by atoms with Gasteiger partial charge in [0.1, 0.15) is 5.41 Å². The number of carboxylic acids is 2. The van der Waals surface area contributed by atoms with Gasteiger partial charge in [0.2, 0.25) is 0 Å². The molecule has 17 heavy (non-hydrogen) atoms. The van der Waals surface area contributed by atoms with Gasteiger partial charge in [-0.15, -0.1) is 0 Å². The van der Waals surface area contributed by atoms with Crippen LogP contribution in [0.15, 0.2) is 0 Å². The van der Waals surface area contributed by atoms with Gasteiger partial charge >= 0.3 is 11.9 Å². The van der Waals surface area contributed by atoms with Crippen molar-refractivity contribution in [3.8, 4) is 0 Å².